The van der Waals surface area contributed by atoms with E-state index in [9.17, 15) is 18.4 Å². The van der Waals surface area contributed by atoms with Crippen LogP contribution in [0.5, 0.6) is 0 Å². The third-order valence-electron chi connectivity index (χ3n) is 1.48. The Bertz CT molecular complexity index is 418. The summed E-state index contributed by atoms with van der Waals surface area (Å²) in [6, 6.07) is 0.942. The molecule has 0 atom stereocenters. The van der Waals surface area contributed by atoms with Gasteiger partial charge in [-0.2, -0.15) is 8.78 Å². The van der Waals surface area contributed by atoms with Crippen LogP contribution in [-0.2, 0) is 4.79 Å². The van der Waals surface area contributed by atoms with Gasteiger partial charge in [0.15, 0.2) is 0 Å². The Morgan fingerprint density at radius 3 is 2.87 bits per heavy atom. The smallest absolute Gasteiger partial charge is 0.376 e. The van der Waals surface area contributed by atoms with Gasteiger partial charge in [0.25, 0.3) is 5.56 Å². The Balaban J connectivity index is 2.65. The highest BCUT2D eigenvalue weighted by Gasteiger charge is 2.38. The largest absolute Gasteiger partial charge is 0.477 e. The van der Waals surface area contributed by atoms with Gasteiger partial charge >= 0.3 is 11.9 Å². The number of carboxylic acids is 1. The predicted octanol–water partition coefficient (Wildman–Crippen LogP) is -0.0983. The van der Waals surface area contributed by atoms with E-state index in [-0.39, 0.29) is 5.82 Å². The van der Waals surface area contributed by atoms with E-state index in [2.05, 4.69) is 9.97 Å². The molecule has 8 heteroatoms. The lowest BCUT2D eigenvalue weighted by molar-refractivity contribution is -0.162. The lowest BCUT2D eigenvalue weighted by Gasteiger charge is -2.11. The highest BCUT2D eigenvalue weighted by Crippen LogP contribution is 2.13. The van der Waals surface area contributed by atoms with Crippen molar-refractivity contribution < 1.29 is 18.7 Å². The van der Waals surface area contributed by atoms with Crippen LogP contribution in [0.3, 0.4) is 0 Å². The number of nitrogens with zero attached hydrogens (tertiary/aromatic N) is 1. The van der Waals surface area contributed by atoms with Crippen LogP contribution in [0.15, 0.2) is 17.2 Å². The summed E-state index contributed by atoms with van der Waals surface area (Å²) in [5, 5.41) is 10.1. The Hall–Kier alpha value is -1.99. The van der Waals surface area contributed by atoms with E-state index in [1.54, 1.807) is 0 Å². The molecule has 0 aliphatic rings. The second-order valence-electron chi connectivity index (χ2n) is 2.66. The van der Waals surface area contributed by atoms with Gasteiger partial charge in [-0.25, -0.2) is 9.78 Å². The lowest BCUT2D eigenvalue weighted by Crippen LogP contribution is -2.36. The number of H-pyrrole nitrogens is 1. The predicted molar refractivity (Wildman–Crippen MR) is 45.9 cm³/mol. The summed E-state index contributed by atoms with van der Waals surface area (Å²) in [5.41, 5.74) is -0.522. The molecule has 15 heavy (non-hydrogen) atoms. The Morgan fingerprint density at radius 2 is 2.33 bits per heavy atom. The van der Waals surface area contributed by atoms with Crippen LogP contribution in [0.25, 0.3) is 0 Å². The van der Waals surface area contributed by atoms with Crippen LogP contribution in [0, 0.1) is 0 Å². The molecule has 0 spiro atoms. The van der Waals surface area contributed by atoms with E-state index in [0.29, 0.717) is 0 Å². The molecule has 0 fully saturated rings. The maximum absolute atomic E-state index is 12.6. The summed E-state index contributed by atoms with van der Waals surface area (Å²) in [5.74, 6) is -6.25. The summed E-state index contributed by atoms with van der Waals surface area (Å²) < 4.78 is 25.1. The third-order valence-corrected chi connectivity index (χ3v) is 1.48. The SMILES string of the molecule is O=C(O)C(F)(F)CNc1cc(=O)[nH]cn1. The van der Waals surface area contributed by atoms with E-state index < -0.39 is 24.0 Å². The van der Waals surface area contributed by atoms with Crippen LogP contribution in [-0.4, -0.2) is 33.5 Å². The number of hydrogen-bond donors (Lipinski definition) is 3. The molecular formula is C7H7F2N3O3. The molecule has 0 radical (unpaired) electrons. The van der Waals surface area contributed by atoms with Crippen LogP contribution >= 0.6 is 0 Å². The first-order chi connectivity index (χ1) is 6.92. The number of halogens is 2. The molecule has 82 valence electrons. The number of nitrogens with one attached hydrogen (secondary N) is 2. The lowest BCUT2D eigenvalue weighted by atomic mass is 10.3. The maximum atomic E-state index is 12.6. The molecule has 0 saturated heterocycles. The Morgan fingerprint density at radius 1 is 1.67 bits per heavy atom. The topological polar surface area (TPSA) is 95.1 Å². The Labute approximate surface area is 82.0 Å². The van der Waals surface area contributed by atoms with Crippen LogP contribution in [0.4, 0.5) is 14.6 Å². The molecule has 0 amide bonds. The standard InChI is InChI=1S/C7H7F2N3O3/c8-7(9,6(14)15)2-10-4-1-5(13)12-3-11-4/h1,3H,2H2,(H,14,15)(H2,10,11,12,13). The molecule has 1 aromatic rings. The monoisotopic (exact) mass is 219 g/mol. The number of carbonyl (C=O) groups is 1. The van der Waals surface area contributed by atoms with Crippen molar-refractivity contribution in [3.05, 3.63) is 22.7 Å². The number of anilines is 1. The summed E-state index contributed by atoms with van der Waals surface area (Å²) >= 11 is 0. The number of hydrogen-bond acceptors (Lipinski definition) is 4. The van der Waals surface area contributed by atoms with Gasteiger partial charge in [-0.3, -0.25) is 4.79 Å². The van der Waals surface area contributed by atoms with Crippen molar-refractivity contribution in [1.82, 2.24) is 9.97 Å². The number of aliphatic carboxylic acids is 1. The number of carboxylic acid groups (broad SMARTS) is 1. The van der Waals surface area contributed by atoms with Gasteiger partial charge in [-0.1, -0.05) is 0 Å². The van der Waals surface area contributed by atoms with E-state index in [1.165, 1.54) is 0 Å². The molecule has 0 saturated carbocycles. The number of aromatic amines is 1. The molecule has 0 unspecified atom stereocenters. The Kier molecular flexibility index (Phi) is 2.98. The summed E-state index contributed by atoms with van der Waals surface area (Å²) in [6.07, 6.45) is 1.02. The normalized spacial score (nSPS) is 11.1. The summed E-state index contributed by atoms with van der Waals surface area (Å²) in [4.78, 5) is 26.4. The molecule has 0 aliphatic heterocycles. The zero-order chi connectivity index (χ0) is 11.5. The van der Waals surface area contributed by atoms with E-state index in [0.717, 1.165) is 12.4 Å². The fourth-order valence-electron chi connectivity index (χ4n) is 0.742. The average molecular weight is 219 g/mol. The molecule has 0 bridgehead atoms. The molecule has 6 nitrogen and oxygen atoms in total. The molecule has 1 heterocycles. The number of aromatic nitrogens is 2. The van der Waals surface area contributed by atoms with E-state index in [4.69, 9.17) is 5.11 Å². The highest BCUT2D eigenvalue weighted by molar-refractivity contribution is 5.76. The quantitative estimate of drug-likeness (QED) is 0.657. The van der Waals surface area contributed by atoms with Crippen molar-refractivity contribution >= 4 is 11.8 Å². The molecule has 0 aliphatic carbocycles. The summed E-state index contributed by atoms with van der Waals surface area (Å²) in [7, 11) is 0. The average Bonchev–Trinajstić information content (AvgIpc) is 2.15. The van der Waals surface area contributed by atoms with Crippen molar-refractivity contribution in [3.63, 3.8) is 0 Å². The fourth-order valence-corrected chi connectivity index (χ4v) is 0.742. The first-order valence-electron chi connectivity index (χ1n) is 3.81. The minimum absolute atomic E-state index is 0.111. The van der Waals surface area contributed by atoms with Crippen molar-refractivity contribution in [2.75, 3.05) is 11.9 Å². The number of rotatable bonds is 4. The first kappa shape index (κ1) is 11.1. The molecule has 3 N–H and O–H groups in total. The van der Waals surface area contributed by atoms with Gasteiger partial charge in [-0.05, 0) is 0 Å². The zero-order valence-corrected chi connectivity index (χ0v) is 7.33. The molecule has 1 aromatic heterocycles. The zero-order valence-electron chi connectivity index (χ0n) is 7.33. The van der Waals surface area contributed by atoms with Gasteiger partial charge in [-0.15, -0.1) is 0 Å². The van der Waals surface area contributed by atoms with E-state index in [1.807, 2.05) is 5.32 Å². The molecular weight excluding hydrogens is 212 g/mol. The highest BCUT2D eigenvalue weighted by atomic mass is 19.3. The van der Waals surface area contributed by atoms with Gasteiger partial charge < -0.3 is 15.4 Å². The van der Waals surface area contributed by atoms with Gasteiger partial charge in [0.2, 0.25) is 0 Å². The van der Waals surface area contributed by atoms with Crippen molar-refractivity contribution in [3.8, 4) is 0 Å². The molecule has 1 rings (SSSR count). The van der Waals surface area contributed by atoms with Crippen LogP contribution in [0.1, 0.15) is 0 Å². The minimum Gasteiger partial charge on any atom is -0.477 e. The van der Waals surface area contributed by atoms with Crippen molar-refractivity contribution in [2.24, 2.45) is 0 Å². The molecule has 0 aromatic carbocycles. The van der Waals surface area contributed by atoms with Gasteiger partial charge in [0.1, 0.15) is 5.82 Å². The van der Waals surface area contributed by atoms with E-state index >= 15 is 0 Å². The number of alkyl halides is 2. The fraction of sp³-hybridized carbons (Fsp3) is 0.286. The van der Waals surface area contributed by atoms with Crippen molar-refractivity contribution in [2.45, 2.75) is 5.92 Å². The second kappa shape index (κ2) is 4.03. The van der Waals surface area contributed by atoms with Crippen LogP contribution in [0.2, 0.25) is 0 Å². The summed E-state index contributed by atoms with van der Waals surface area (Å²) in [6.45, 7) is -1.13. The van der Waals surface area contributed by atoms with Gasteiger partial charge in [0, 0.05) is 6.07 Å². The minimum atomic E-state index is -3.90. The van der Waals surface area contributed by atoms with Crippen LogP contribution < -0.4 is 10.9 Å². The maximum Gasteiger partial charge on any atom is 0.376 e. The van der Waals surface area contributed by atoms with Crippen molar-refractivity contribution in [1.29, 1.82) is 0 Å². The first-order valence-corrected chi connectivity index (χ1v) is 3.81. The third kappa shape index (κ3) is 3.01. The van der Waals surface area contributed by atoms with Gasteiger partial charge in [0.05, 0.1) is 12.9 Å². The second-order valence-corrected chi connectivity index (χ2v) is 2.66.